The normalized spacial score (nSPS) is 47.1. The van der Waals surface area contributed by atoms with Crippen LogP contribution in [0, 0.1) is 0 Å². The molecule has 0 aromatic carbocycles. The number of rotatable bonds is 0. The zero-order valence-electron chi connectivity index (χ0n) is 5.97. The Morgan fingerprint density at radius 3 is 3.00 bits per heavy atom. The molecule has 3 heteroatoms. The first-order valence-corrected chi connectivity index (χ1v) is 3.82. The molecule has 2 aliphatic rings. The van der Waals surface area contributed by atoms with Gasteiger partial charge in [0.1, 0.15) is 0 Å². The molecule has 0 radical (unpaired) electrons. The Kier molecular flexibility index (Phi) is 1.44. The predicted molar refractivity (Wildman–Crippen MR) is 36.8 cm³/mol. The van der Waals surface area contributed by atoms with Crippen LogP contribution in [0.1, 0.15) is 12.8 Å². The first-order chi connectivity index (χ1) is 4.81. The van der Waals surface area contributed by atoms with Gasteiger partial charge in [-0.3, -0.25) is 0 Å². The van der Waals surface area contributed by atoms with E-state index >= 15 is 0 Å². The third-order valence-electron chi connectivity index (χ3n) is 2.44. The number of β-amino-alcohol motifs (C(OH)–C–C–N with tert-alkyl or cyclic N) is 1. The highest BCUT2D eigenvalue weighted by Gasteiger charge is 2.40. The molecule has 2 aliphatic heterocycles. The van der Waals surface area contributed by atoms with E-state index in [-0.39, 0.29) is 11.6 Å². The fraction of sp³-hybridized carbons (Fsp3) is 1.00. The minimum Gasteiger partial charge on any atom is -0.392 e. The fourth-order valence-corrected chi connectivity index (χ4v) is 1.84. The van der Waals surface area contributed by atoms with Gasteiger partial charge in [-0.05, 0) is 12.8 Å². The van der Waals surface area contributed by atoms with Gasteiger partial charge in [0.15, 0.2) is 0 Å². The van der Waals surface area contributed by atoms with Gasteiger partial charge >= 0.3 is 0 Å². The monoisotopic (exact) mass is 143 g/mol. The van der Waals surface area contributed by atoms with Crippen LogP contribution in [0.3, 0.4) is 0 Å². The second-order valence-corrected chi connectivity index (χ2v) is 3.32. The van der Waals surface area contributed by atoms with Crippen molar-refractivity contribution in [1.29, 1.82) is 0 Å². The van der Waals surface area contributed by atoms with E-state index in [9.17, 15) is 5.11 Å². The van der Waals surface area contributed by atoms with Crippen LogP contribution in [0.15, 0.2) is 0 Å². The van der Waals surface area contributed by atoms with E-state index in [1.54, 1.807) is 0 Å². The molecule has 2 rings (SSSR count). The zero-order valence-corrected chi connectivity index (χ0v) is 5.97. The lowest BCUT2D eigenvalue weighted by Crippen LogP contribution is -2.39. The number of aliphatic hydroxyl groups is 1. The van der Waals surface area contributed by atoms with E-state index in [1.165, 1.54) is 0 Å². The molecule has 0 aromatic heterocycles. The van der Waals surface area contributed by atoms with Gasteiger partial charge in [-0.2, -0.15) is 0 Å². The number of hydrogen-bond donors (Lipinski definition) is 2. The van der Waals surface area contributed by atoms with Gasteiger partial charge in [-0.15, -0.1) is 0 Å². The molecule has 2 N–H and O–H groups in total. The molecule has 2 heterocycles. The molecule has 0 amide bonds. The molecular weight excluding hydrogens is 130 g/mol. The van der Waals surface area contributed by atoms with E-state index in [4.69, 9.17) is 4.74 Å². The minimum absolute atomic E-state index is 0.138. The highest BCUT2D eigenvalue weighted by molar-refractivity contribution is 4.99. The summed E-state index contributed by atoms with van der Waals surface area (Å²) >= 11 is 0. The molecular formula is C7H13NO2. The Morgan fingerprint density at radius 2 is 2.50 bits per heavy atom. The third kappa shape index (κ3) is 0.944. The summed E-state index contributed by atoms with van der Waals surface area (Å²) in [6.07, 6.45) is 1.78. The highest BCUT2D eigenvalue weighted by atomic mass is 16.5. The van der Waals surface area contributed by atoms with E-state index in [2.05, 4.69) is 5.32 Å². The fourth-order valence-electron chi connectivity index (χ4n) is 1.84. The Morgan fingerprint density at radius 1 is 1.60 bits per heavy atom. The predicted octanol–water partition coefficient (Wildman–Crippen LogP) is -0.500. The third-order valence-corrected chi connectivity index (χ3v) is 2.44. The first-order valence-electron chi connectivity index (χ1n) is 3.82. The smallest absolute Gasteiger partial charge is 0.0683 e. The van der Waals surface area contributed by atoms with E-state index in [0.717, 1.165) is 32.6 Å². The lowest BCUT2D eigenvalue weighted by molar-refractivity contribution is 0.157. The quantitative estimate of drug-likeness (QED) is 0.480. The average Bonchev–Trinajstić information content (AvgIpc) is 2.46. The standard InChI is InChI=1S/C7H13NO2/c9-6-3-7(8-4-6)1-2-10-5-7/h6,8-9H,1-5H2/t6-,7+/m0/s1. The molecule has 0 aromatic rings. The first kappa shape index (κ1) is 6.58. The lowest BCUT2D eigenvalue weighted by atomic mass is 9.96. The maximum atomic E-state index is 9.24. The Labute approximate surface area is 60.4 Å². The number of nitrogens with one attached hydrogen (secondary N) is 1. The van der Waals surface area contributed by atoms with Crippen LogP contribution in [0.2, 0.25) is 0 Å². The number of ether oxygens (including phenoxy) is 1. The SMILES string of the molecule is O[C@@H]1CN[C@]2(CCOC2)C1. The van der Waals surface area contributed by atoms with Gasteiger partial charge in [0, 0.05) is 18.7 Å². The topological polar surface area (TPSA) is 41.5 Å². The van der Waals surface area contributed by atoms with Crippen molar-refractivity contribution in [1.82, 2.24) is 5.32 Å². The summed E-state index contributed by atoms with van der Waals surface area (Å²) in [4.78, 5) is 0. The van der Waals surface area contributed by atoms with Crippen LogP contribution >= 0.6 is 0 Å². The number of aliphatic hydroxyl groups excluding tert-OH is 1. The van der Waals surface area contributed by atoms with Gasteiger partial charge in [-0.1, -0.05) is 0 Å². The molecule has 2 fully saturated rings. The second kappa shape index (κ2) is 2.19. The Balaban J connectivity index is 2.03. The zero-order chi connectivity index (χ0) is 7.03. The van der Waals surface area contributed by atoms with Gasteiger partial charge in [0.2, 0.25) is 0 Å². The van der Waals surface area contributed by atoms with Crippen molar-refractivity contribution in [2.24, 2.45) is 0 Å². The Bertz CT molecular complexity index is 132. The van der Waals surface area contributed by atoms with Gasteiger partial charge in [0.25, 0.3) is 0 Å². The van der Waals surface area contributed by atoms with Crippen LogP contribution < -0.4 is 5.32 Å². The maximum absolute atomic E-state index is 9.24. The van der Waals surface area contributed by atoms with E-state index < -0.39 is 0 Å². The summed E-state index contributed by atoms with van der Waals surface area (Å²) in [6.45, 7) is 2.37. The van der Waals surface area contributed by atoms with Crippen molar-refractivity contribution in [3.05, 3.63) is 0 Å². The molecule has 2 saturated heterocycles. The summed E-state index contributed by atoms with van der Waals surface area (Å²) in [6, 6.07) is 0. The second-order valence-electron chi connectivity index (χ2n) is 3.32. The Hall–Kier alpha value is -0.120. The van der Waals surface area contributed by atoms with Gasteiger partial charge in [-0.25, -0.2) is 0 Å². The molecule has 0 aliphatic carbocycles. The van der Waals surface area contributed by atoms with Crippen molar-refractivity contribution < 1.29 is 9.84 Å². The summed E-state index contributed by atoms with van der Waals surface area (Å²) in [5, 5.41) is 12.5. The van der Waals surface area contributed by atoms with Crippen LogP contribution in [0.4, 0.5) is 0 Å². The number of hydrogen-bond acceptors (Lipinski definition) is 3. The summed E-state index contributed by atoms with van der Waals surface area (Å²) in [5.74, 6) is 0. The molecule has 0 saturated carbocycles. The molecule has 3 nitrogen and oxygen atoms in total. The van der Waals surface area contributed by atoms with Crippen LogP contribution in [0.25, 0.3) is 0 Å². The largest absolute Gasteiger partial charge is 0.392 e. The van der Waals surface area contributed by atoms with Crippen molar-refractivity contribution in [3.8, 4) is 0 Å². The molecule has 2 atom stereocenters. The molecule has 1 spiro atoms. The molecule has 58 valence electrons. The van der Waals surface area contributed by atoms with E-state index in [1.807, 2.05) is 0 Å². The highest BCUT2D eigenvalue weighted by Crippen LogP contribution is 2.27. The van der Waals surface area contributed by atoms with Crippen molar-refractivity contribution >= 4 is 0 Å². The molecule has 0 unspecified atom stereocenters. The summed E-state index contributed by atoms with van der Waals surface area (Å²) in [5.41, 5.74) is 0.138. The van der Waals surface area contributed by atoms with Gasteiger partial charge in [0.05, 0.1) is 12.7 Å². The van der Waals surface area contributed by atoms with Crippen molar-refractivity contribution in [2.45, 2.75) is 24.5 Å². The van der Waals surface area contributed by atoms with Crippen molar-refractivity contribution in [3.63, 3.8) is 0 Å². The summed E-state index contributed by atoms with van der Waals surface area (Å²) in [7, 11) is 0. The van der Waals surface area contributed by atoms with Crippen LogP contribution in [-0.4, -0.2) is 36.5 Å². The molecule has 10 heavy (non-hydrogen) atoms. The molecule has 0 bridgehead atoms. The minimum atomic E-state index is -0.151. The lowest BCUT2D eigenvalue weighted by Gasteiger charge is -2.19. The van der Waals surface area contributed by atoms with Crippen LogP contribution in [0.5, 0.6) is 0 Å². The average molecular weight is 143 g/mol. The van der Waals surface area contributed by atoms with Gasteiger partial charge < -0.3 is 15.2 Å². The van der Waals surface area contributed by atoms with E-state index in [0.29, 0.717) is 0 Å². The maximum Gasteiger partial charge on any atom is 0.0683 e. The van der Waals surface area contributed by atoms with Crippen LogP contribution in [-0.2, 0) is 4.74 Å². The van der Waals surface area contributed by atoms with Crippen molar-refractivity contribution in [2.75, 3.05) is 19.8 Å². The summed E-state index contributed by atoms with van der Waals surface area (Å²) < 4.78 is 5.26.